The molecule has 0 amide bonds. The van der Waals surface area contributed by atoms with Crippen LogP contribution in [0.4, 0.5) is 15.2 Å². The van der Waals surface area contributed by atoms with Gasteiger partial charge in [-0.1, -0.05) is 6.07 Å². The number of nitrogens with one attached hydrogen (secondary N) is 1. The number of benzene rings is 1. The van der Waals surface area contributed by atoms with Gasteiger partial charge in [0.15, 0.2) is 5.13 Å². The van der Waals surface area contributed by atoms with Gasteiger partial charge in [0.25, 0.3) is 0 Å². The molecule has 2 aromatic heterocycles. The lowest BCUT2D eigenvalue weighted by Crippen LogP contribution is -1.93. The van der Waals surface area contributed by atoms with Crippen LogP contribution in [0.3, 0.4) is 0 Å². The van der Waals surface area contributed by atoms with Crippen molar-refractivity contribution in [1.82, 2.24) is 9.97 Å². The van der Waals surface area contributed by atoms with E-state index in [1.165, 1.54) is 23.5 Å². The number of thiazole rings is 2. The van der Waals surface area contributed by atoms with Crippen molar-refractivity contribution in [3.8, 4) is 10.6 Å². The second kappa shape index (κ2) is 5.54. The molecule has 0 atom stereocenters. The van der Waals surface area contributed by atoms with Crippen LogP contribution in [0, 0.1) is 26.6 Å². The molecule has 0 aliphatic heterocycles. The van der Waals surface area contributed by atoms with Crippen molar-refractivity contribution in [2.45, 2.75) is 20.8 Å². The Morgan fingerprint density at radius 1 is 1.14 bits per heavy atom. The fraction of sp³-hybridized carbons (Fsp3) is 0.200. The van der Waals surface area contributed by atoms with E-state index in [0.717, 1.165) is 37.7 Å². The van der Waals surface area contributed by atoms with Gasteiger partial charge in [-0.2, -0.15) is 0 Å². The molecule has 1 N–H and O–H groups in total. The van der Waals surface area contributed by atoms with Gasteiger partial charge in [0, 0.05) is 11.1 Å². The standard InChI is InChI=1S/C15H14FN3S2/c1-8-4-5-11(16)6-12(8)18-15-19-13(7-20-15)14-9(2)17-10(3)21-14/h4-7H,1-3H3,(H,18,19). The van der Waals surface area contributed by atoms with Gasteiger partial charge in [-0.25, -0.2) is 14.4 Å². The van der Waals surface area contributed by atoms with Crippen LogP contribution in [-0.2, 0) is 0 Å². The highest BCUT2D eigenvalue weighted by Gasteiger charge is 2.12. The number of aryl methyl sites for hydroxylation is 3. The van der Waals surface area contributed by atoms with Gasteiger partial charge in [0.05, 0.1) is 21.3 Å². The Labute approximate surface area is 130 Å². The molecule has 108 valence electrons. The van der Waals surface area contributed by atoms with E-state index in [9.17, 15) is 4.39 Å². The second-order valence-corrected chi connectivity index (χ2v) is 6.83. The van der Waals surface area contributed by atoms with Gasteiger partial charge in [-0.15, -0.1) is 22.7 Å². The van der Waals surface area contributed by atoms with E-state index in [4.69, 9.17) is 0 Å². The van der Waals surface area contributed by atoms with E-state index in [2.05, 4.69) is 15.3 Å². The Balaban J connectivity index is 1.89. The molecule has 0 aliphatic carbocycles. The molecule has 0 fully saturated rings. The third kappa shape index (κ3) is 2.96. The van der Waals surface area contributed by atoms with E-state index in [1.807, 2.05) is 26.2 Å². The molecule has 6 heteroatoms. The number of nitrogens with zero attached hydrogens (tertiary/aromatic N) is 2. The molecule has 0 unspecified atom stereocenters. The molecule has 0 spiro atoms. The summed E-state index contributed by atoms with van der Waals surface area (Å²) in [4.78, 5) is 10.1. The maximum Gasteiger partial charge on any atom is 0.187 e. The van der Waals surface area contributed by atoms with Gasteiger partial charge in [0.1, 0.15) is 5.82 Å². The lowest BCUT2D eigenvalue weighted by Gasteiger charge is -2.06. The van der Waals surface area contributed by atoms with Crippen molar-refractivity contribution < 1.29 is 4.39 Å². The first-order valence-electron chi connectivity index (χ1n) is 6.46. The van der Waals surface area contributed by atoms with E-state index in [0.29, 0.717) is 0 Å². The highest BCUT2D eigenvalue weighted by molar-refractivity contribution is 7.16. The highest BCUT2D eigenvalue weighted by Crippen LogP contribution is 2.33. The summed E-state index contributed by atoms with van der Waals surface area (Å²) >= 11 is 3.14. The summed E-state index contributed by atoms with van der Waals surface area (Å²) in [6, 6.07) is 4.69. The molecule has 3 rings (SSSR count). The maximum absolute atomic E-state index is 13.3. The topological polar surface area (TPSA) is 37.8 Å². The third-order valence-electron chi connectivity index (χ3n) is 3.08. The van der Waals surface area contributed by atoms with Gasteiger partial charge >= 0.3 is 0 Å². The Hall–Kier alpha value is -1.79. The van der Waals surface area contributed by atoms with Gasteiger partial charge in [-0.05, 0) is 38.5 Å². The molecule has 0 saturated heterocycles. The van der Waals surface area contributed by atoms with Crippen LogP contribution in [0.1, 0.15) is 16.3 Å². The van der Waals surface area contributed by atoms with Crippen LogP contribution in [0.15, 0.2) is 23.6 Å². The molecule has 2 heterocycles. The lowest BCUT2D eigenvalue weighted by atomic mass is 10.2. The minimum atomic E-state index is -0.256. The second-order valence-electron chi connectivity index (χ2n) is 4.77. The number of aromatic nitrogens is 2. The first kappa shape index (κ1) is 14.2. The van der Waals surface area contributed by atoms with Crippen molar-refractivity contribution in [3.05, 3.63) is 45.7 Å². The SMILES string of the molecule is Cc1nc(C)c(-c2csc(Nc3cc(F)ccc3C)n2)s1. The number of anilines is 2. The van der Waals surface area contributed by atoms with Crippen LogP contribution < -0.4 is 5.32 Å². The average molecular weight is 319 g/mol. The zero-order chi connectivity index (χ0) is 15.0. The zero-order valence-corrected chi connectivity index (χ0v) is 13.5. The molecule has 1 aromatic carbocycles. The predicted octanol–water partition coefficient (Wildman–Crippen LogP) is 5.07. The predicted molar refractivity (Wildman–Crippen MR) is 87.1 cm³/mol. The summed E-state index contributed by atoms with van der Waals surface area (Å²) in [6.45, 7) is 5.91. The molecule has 0 radical (unpaired) electrons. The number of hydrogen-bond donors (Lipinski definition) is 1. The summed E-state index contributed by atoms with van der Waals surface area (Å²) in [5.74, 6) is -0.256. The summed E-state index contributed by atoms with van der Waals surface area (Å²) < 4.78 is 13.3. The van der Waals surface area contributed by atoms with Crippen LogP contribution in [-0.4, -0.2) is 9.97 Å². The Kier molecular flexibility index (Phi) is 3.73. The minimum Gasteiger partial charge on any atom is -0.331 e. The smallest absolute Gasteiger partial charge is 0.187 e. The van der Waals surface area contributed by atoms with Crippen molar-refractivity contribution in [1.29, 1.82) is 0 Å². The number of hydrogen-bond acceptors (Lipinski definition) is 5. The van der Waals surface area contributed by atoms with Crippen molar-refractivity contribution in [2.24, 2.45) is 0 Å². The Morgan fingerprint density at radius 2 is 1.95 bits per heavy atom. The minimum absolute atomic E-state index is 0.256. The number of halogens is 1. The molecular weight excluding hydrogens is 305 g/mol. The Morgan fingerprint density at radius 3 is 2.67 bits per heavy atom. The summed E-state index contributed by atoms with van der Waals surface area (Å²) in [5.41, 5.74) is 3.64. The third-order valence-corrected chi connectivity index (χ3v) is 4.93. The van der Waals surface area contributed by atoms with Crippen LogP contribution in [0.5, 0.6) is 0 Å². The van der Waals surface area contributed by atoms with Crippen LogP contribution in [0.2, 0.25) is 0 Å². The normalized spacial score (nSPS) is 10.9. The summed E-state index contributed by atoms with van der Waals surface area (Å²) in [7, 11) is 0. The molecule has 0 bridgehead atoms. The highest BCUT2D eigenvalue weighted by atomic mass is 32.1. The van der Waals surface area contributed by atoms with E-state index < -0.39 is 0 Å². The Bertz CT molecular complexity index is 792. The molecule has 0 aliphatic rings. The molecule has 21 heavy (non-hydrogen) atoms. The van der Waals surface area contributed by atoms with E-state index >= 15 is 0 Å². The monoisotopic (exact) mass is 319 g/mol. The van der Waals surface area contributed by atoms with Gasteiger partial charge < -0.3 is 5.32 Å². The zero-order valence-electron chi connectivity index (χ0n) is 11.9. The van der Waals surface area contributed by atoms with Crippen molar-refractivity contribution in [3.63, 3.8) is 0 Å². The largest absolute Gasteiger partial charge is 0.331 e. The number of rotatable bonds is 3. The molecule has 3 aromatic rings. The van der Waals surface area contributed by atoms with Crippen LogP contribution in [0.25, 0.3) is 10.6 Å². The lowest BCUT2D eigenvalue weighted by molar-refractivity contribution is 0.628. The maximum atomic E-state index is 13.3. The van der Waals surface area contributed by atoms with E-state index in [-0.39, 0.29) is 5.82 Å². The van der Waals surface area contributed by atoms with E-state index in [1.54, 1.807) is 17.4 Å². The fourth-order valence-corrected chi connectivity index (χ4v) is 3.72. The van der Waals surface area contributed by atoms with Crippen molar-refractivity contribution >= 4 is 33.5 Å². The molecule has 3 nitrogen and oxygen atoms in total. The first-order chi connectivity index (χ1) is 10.0. The first-order valence-corrected chi connectivity index (χ1v) is 8.15. The average Bonchev–Trinajstić information content (AvgIpc) is 3.00. The van der Waals surface area contributed by atoms with Crippen molar-refractivity contribution in [2.75, 3.05) is 5.32 Å². The quantitative estimate of drug-likeness (QED) is 0.732. The molecule has 0 saturated carbocycles. The van der Waals surface area contributed by atoms with Crippen LogP contribution >= 0.6 is 22.7 Å². The summed E-state index contributed by atoms with van der Waals surface area (Å²) in [5, 5.41) is 6.97. The fourth-order valence-electron chi connectivity index (χ4n) is 2.05. The van der Waals surface area contributed by atoms with Gasteiger partial charge in [0.2, 0.25) is 0 Å². The molecular formula is C15H14FN3S2. The van der Waals surface area contributed by atoms with Gasteiger partial charge in [-0.3, -0.25) is 0 Å². The summed E-state index contributed by atoms with van der Waals surface area (Å²) in [6.07, 6.45) is 0.